The van der Waals surface area contributed by atoms with E-state index in [9.17, 15) is 9.90 Å². The maximum atomic E-state index is 12.5. The zero-order valence-electron chi connectivity index (χ0n) is 24.3. The Labute approximate surface area is 231 Å². The Morgan fingerprint density at radius 1 is 1.11 bits per heavy atom. The van der Waals surface area contributed by atoms with Crippen molar-refractivity contribution < 1.29 is 14.6 Å². The van der Waals surface area contributed by atoms with Gasteiger partial charge < -0.3 is 9.84 Å². The fourth-order valence-electron chi connectivity index (χ4n) is 10.1. The number of esters is 1. The first kappa shape index (κ1) is 27.5. The summed E-state index contributed by atoms with van der Waals surface area (Å²) < 4.78 is 5.59. The van der Waals surface area contributed by atoms with Crippen LogP contribution in [0.3, 0.4) is 0 Å². The van der Waals surface area contributed by atoms with E-state index in [2.05, 4.69) is 40.3 Å². The average molecular weight is 519 g/mol. The van der Waals surface area contributed by atoms with E-state index in [1.165, 1.54) is 38.5 Å². The summed E-state index contributed by atoms with van der Waals surface area (Å²) >= 11 is 0. The lowest BCUT2D eigenvalue weighted by atomic mass is 9.43. The lowest BCUT2D eigenvalue weighted by Crippen LogP contribution is -2.54. The first-order valence-corrected chi connectivity index (χ1v) is 15.4. The summed E-state index contributed by atoms with van der Waals surface area (Å²) in [5.41, 5.74) is 3.44. The van der Waals surface area contributed by atoms with Gasteiger partial charge in [-0.1, -0.05) is 69.3 Å². The van der Waals surface area contributed by atoms with Gasteiger partial charge in [-0.3, -0.25) is 4.79 Å². The van der Waals surface area contributed by atoms with Crippen LogP contribution in [0.15, 0.2) is 54.3 Å². The van der Waals surface area contributed by atoms with Crippen molar-refractivity contribution in [2.45, 2.75) is 98.5 Å². The Bertz CT molecular complexity index is 1040. The van der Waals surface area contributed by atoms with Gasteiger partial charge in [0.15, 0.2) is 0 Å². The van der Waals surface area contributed by atoms with Crippen LogP contribution in [0.5, 0.6) is 0 Å². The minimum Gasteiger partial charge on any atom is -0.513 e. The Morgan fingerprint density at radius 3 is 2.53 bits per heavy atom. The van der Waals surface area contributed by atoms with Crippen LogP contribution in [0.2, 0.25) is 0 Å². The molecule has 3 heteroatoms. The molecule has 0 heterocycles. The van der Waals surface area contributed by atoms with E-state index in [4.69, 9.17) is 4.74 Å². The quantitative estimate of drug-likeness (QED) is 0.222. The van der Waals surface area contributed by atoms with Gasteiger partial charge in [-0.2, -0.15) is 0 Å². The van der Waals surface area contributed by atoms with Gasteiger partial charge in [0, 0.05) is 12.3 Å². The number of benzene rings is 1. The number of carbonyl (C=O) groups is 1. The number of hydrogen-bond donors (Lipinski definition) is 1. The van der Waals surface area contributed by atoms with Gasteiger partial charge in [0.1, 0.15) is 6.61 Å². The van der Waals surface area contributed by atoms with Crippen LogP contribution >= 0.6 is 0 Å². The number of aliphatic hydroxyl groups excluding tert-OH is 1. The van der Waals surface area contributed by atoms with Crippen molar-refractivity contribution in [3.05, 3.63) is 59.9 Å². The summed E-state index contributed by atoms with van der Waals surface area (Å²) in [5, 5.41) is 10.2. The van der Waals surface area contributed by atoms with Gasteiger partial charge in [-0.15, -0.1) is 0 Å². The van der Waals surface area contributed by atoms with Crippen molar-refractivity contribution in [3.8, 4) is 0 Å². The first-order valence-electron chi connectivity index (χ1n) is 15.4. The molecule has 0 amide bonds. The molecule has 3 nitrogen and oxygen atoms in total. The van der Waals surface area contributed by atoms with Gasteiger partial charge in [0.25, 0.3) is 0 Å². The molecule has 1 aromatic carbocycles. The molecule has 0 saturated heterocycles. The third-order valence-electron chi connectivity index (χ3n) is 12.2. The molecule has 4 fully saturated rings. The Balaban J connectivity index is 1.24. The molecule has 0 radical (unpaired) electrons. The smallest absolute Gasteiger partial charge is 0.306 e. The van der Waals surface area contributed by atoms with Crippen molar-refractivity contribution in [1.82, 2.24) is 0 Å². The highest BCUT2D eigenvalue weighted by Crippen LogP contribution is 2.69. The molecular formula is C35H50O3. The van der Waals surface area contributed by atoms with Crippen LogP contribution < -0.4 is 0 Å². The molecule has 4 aliphatic carbocycles. The summed E-state index contributed by atoms with van der Waals surface area (Å²) in [6.07, 6.45) is 13.8. The van der Waals surface area contributed by atoms with Gasteiger partial charge in [0.2, 0.25) is 0 Å². The molecule has 38 heavy (non-hydrogen) atoms. The molecular weight excluding hydrogens is 468 g/mol. The fourth-order valence-corrected chi connectivity index (χ4v) is 10.1. The minimum atomic E-state index is -0.0609. The molecule has 1 N–H and O–H groups in total. The second kappa shape index (κ2) is 10.9. The monoisotopic (exact) mass is 518 g/mol. The highest BCUT2D eigenvalue weighted by molar-refractivity contribution is 5.69. The normalized spacial score (nSPS) is 40.1. The Morgan fingerprint density at radius 2 is 1.82 bits per heavy atom. The summed E-state index contributed by atoms with van der Waals surface area (Å²) in [4.78, 5) is 12.5. The number of ether oxygens (including phenoxy) is 1. The summed E-state index contributed by atoms with van der Waals surface area (Å²) in [6, 6.07) is 9.97. The third-order valence-corrected chi connectivity index (χ3v) is 12.2. The largest absolute Gasteiger partial charge is 0.513 e. The van der Waals surface area contributed by atoms with Gasteiger partial charge >= 0.3 is 5.97 Å². The number of hydrogen-bond acceptors (Lipinski definition) is 3. The standard InChI is InChI=1S/C35H50O3/c1-6-26-20-28-30-14-13-29(23(2)12-15-33(37)38-22-25-10-8-7-9-11-25)34(30,4)19-17-31(28)35(5)18-16-27(24(3)36)21-32(26)35/h6-11,23,27-32,36H,3,12-22H2,1-2,4-5H3/b26-6+/t23-,27?,28?,29-,30?,31?,32?,34?,35-/m1/s1. The molecule has 0 spiro atoms. The fraction of sp³-hybridized carbons (Fsp3) is 0.686. The van der Waals surface area contributed by atoms with Gasteiger partial charge in [-0.25, -0.2) is 0 Å². The van der Waals surface area contributed by atoms with E-state index < -0.39 is 0 Å². The van der Waals surface area contributed by atoms with Crippen molar-refractivity contribution in [3.63, 3.8) is 0 Å². The molecule has 4 saturated carbocycles. The summed E-state index contributed by atoms with van der Waals surface area (Å²) in [6.45, 7) is 14.1. The Hall–Kier alpha value is -2.03. The van der Waals surface area contributed by atoms with E-state index in [0.29, 0.717) is 47.4 Å². The zero-order chi connectivity index (χ0) is 27.1. The predicted octanol–water partition coefficient (Wildman–Crippen LogP) is 9.05. The van der Waals surface area contributed by atoms with E-state index in [0.717, 1.165) is 42.6 Å². The molecule has 1 aromatic rings. The summed E-state index contributed by atoms with van der Waals surface area (Å²) in [7, 11) is 0. The molecule has 4 aliphatic rings. The lowest BCUT2D eigenvalue weighted by molar-refractivity contribution is -0.145. The van der Waals surface area contributed by atoms with E-state index in [-0.39, 0.29) is 11.9 Å². The number of allylic oxidation sites excluding steroid dienone is 3. The highest BCUT2D eigenvalue weighted by atomic mass is 16.5. The van der Waals surface area contributed by atoms with E-state index in [1.54, 1.807) is 5.57 Å². The second-order valence-electron chi connectivity index (χ2n) is 13.9. The van der Waals surface area contributed by atoms with Crippen LogP contribution in [0.25, 0.3) is 0 Å². The average Bonchev–Trinajstić information content (AvgIpc) is 3.27. The minimum absolute atomic E-state index is 0.0609. The topological polar surface area (TPSA) is 46.5 Å². The van der Waals surface area contributed by atoms with E-state index in [1.807, 2.05) is 30.3 Å². The molecule has 5 rings (SSSR count). The molecule has 6 unspecified atom stereocenters. The van der Waals surface area contributed by atoms with Crippen molar-refractivity contribution in [2.24, 2.45) is 52.3 Å². The number of carbonyl (C=O) groups excluding carboxylic acids is 1. The molecule has 0 bridgehead atoms. The lowest BCUT2D eigenvalue weighted by Gasteiger charge is -2.62. The van der Waals surface area contributed by atoms with Crippen LogP contribution in [0.4, 0.5) is 0 Å². The van der Waals surface area contributed by atoms with Crippen molar-refractivity contribution >= 4 is 5.97 Å². The maximum absolute atomic E-state index is 12.5. The van der Waals surface area contributed by atoms with Crippen molar-refractivity contribution in [2.75, 3.05) is 0 Å². The molecule has 9 atom stereocenters. The SMILES string of the molecule is C=C(O)C1CC[C@@]2(C)C(C1)/C(=C/C)CC1C3CC[C@H]([C@H](C)CCC(=O)OCc4ccccc4)C3(C)CCC12. The zero-order valence-corrected chi connectivity index (χ0v) is 24.3. The highest BCUT2D eigenvalue weighted by Gasteiger charge is 2.61. The Kier molecular flexibility index (Phi) is 7.87. The number of rotatable bonds is 7. The maximum Gasteiger partial charge on any atom is 0.306 e. The predicted molar refractivity (Wildman–Crippen MR) is 154 cm³/mol. The van der Waals surface area contributed by atoms with E-state index >= 15 is 0 Å². The summed E-state index contributed by atoms with van der Waals surface area (Å²) in [5.74, 6) is 4.81. The third kappa shape index (κ3) is 4.88. The van der Waals surface area contributed by atoms with Gasteiger partial charge in [0.05, 0.1) is 5.76 Å². The molecule has 0 aromatic heterocycles. The second-order valence-corrected chi connectivity index (χ2v) is 13.9. The van der Waals surface area contributed by atoms with Crippen LogP contribution in [0.1, 0.15) is 97.5 Å². The number of fused-ring (bicyclic) bond motifs is 5. The van der Waals surface area contributed by atoms with Crippen LogP contribution in [0, 0.1) is 52.3 Å². The van der Waals surface area contributed by atoms with Crippen molar-refractivity contribution in [1.29, 1.82) is 0 Å². The molecule has 0 aliphatic heterocycles. The van der Waals surface area contributed by atoms with Crippen LogP contribution in [-0.4, -0.2) is 11.1 Å². The first-order chi connectivity index (χ1) is 18.2. The van der Waals surface area contributed by atoms with Gasteiger partial charge in [-0.05, 0) is 117 Å². The number of aliphatic hydroxyl groups is 1. The van der Waals surface area contributed by atoms with Crippen LogP contribution in [-0.2, 0) is 16.1 Å². The molecule has 208 valence electrons.